The van der Waals surface area contributed by atoms with Crippen LogP contribution in [0.4, 0.5) is 39.5 Å². The second-order valence-electron chi connectivity index (χ2n) is 8.02. The lowest BCUT2D eigenvalue weighted by Gasteiger charge is -2.39. The SMILES string of the molecule is COc1ccc2cc(C(C)(CC(F)(F)C(F)(F)C(F)(F)C(F)(F)F)c3ccncc3)ccc2c1. The Balaban J connectivity index is 2.16. The van der Waals surface area contributed by atoms with Crippen LogP contribution >= 0.6 is 0 Å². The number of benzene rings is 2. The van der Waals surface area contributed by atoms with E-state index in [1.54, 1.807) is 18.2 Å². The van der Waals surface area contributed by atoms with Crippen molar-refractivity contribution in [1.82, 2.24) is 4.98 Å². The molecular formula is C23H18F9NO. The van der Waals surface area contributed by atoms with Crippen LogP contribution in [-0.2, 0) is 5.41 Å². The molecule has 1 heterocycles. The van der Waals surface area contributed by atoms with Gasteiger partial charge >= 0.3 is 23.9 Å². The zero-order valence-electron chi connectivity index (χ0n) is 17.7. The van der Waals surface area contributed by atoms with E-state index in [9.17, 15) is 39.5 Å². The zero-order chi connectivity index (χ0) is 25.6. The first-order chi connectivity index (χ1) is 15.6. The molecule has 0 N–H and O–H groups in total. The Hall–Kier alpha value is -2.98. The summed E-state index contributed by atoms with van der Waals surface area (Å²) in [4.78, 5) is 3.72. The standard InChI is InChI=1S/C23H18F9NO/c1-19(16-7-9-33-10-8-16,13-20(24,25)21(26,27)22(28,29)23(30,31)32)17-5-3-15-12-18(34-2)6-4-14(15)11-17/h3-12H,13H2,1-2H3. The lowest BCUT2D eigenvalue weighted by molar-refractivity contribution is -0.397. The molecule has 0 fully saturated rings. The molecule has 0 saturated carbocycles. The number of nitrogens with zero attached hydrogens (tertiary/aromatic N) is 1. The van der Waals surface area contributed by atoms with Gasteiger partial charge in [0.05, 0.1) is 7.11 Å². The molecular weight excluding hydrogens is 477 g/mol. The van der Waals surface area contributed by atoms with Crippen molar-refractivity contribution in [2.45, 2.75) is 42.7 Å². The van der Waals surface area contributed by atoms with Crippen molar-refractivity contribution in [3.63, 3.8) is 0 Å². The average Bonchev–Trinajstić information content (AvgIpc) is 2.77. The van der Waals surface area contributed by atoms with Crippen LogP contribution in [0, 0.1) is 0 Å². The Morgan fingerprint density at radius 3 is 1.82 bits per heavy atom. The maximum absolute atomic E-state index is 14.7. The fourth-order valence-electron chi connectivity index (χ4n) is 3.75. The zero-order valence-corrected chi connectivity index (χ0v) is 17.7. The molecule has 0 saturated heterocycles. The Morgan fingerprint density at radius 1 is 0.706 bits per heavy atom. The highest BCUT2D eigenvalue weighted by molar-refractivity contribution is 5.85. The quantitative estimate of drug-likeness (QED) is 0.319. The summed E-state index contributed by atoms with van der Waals surface area (Å²) in [6.45, 7) is 1.07. The van der Waals surface area contributed by atoms with Gasteiger partial charge in [0, 0.05) is 24.2 Å². The normalized spacial score (nSPS) is 15.3. The number of hydrogen-bond acceptors (Lipinski definition) is 2. The van der Waals surface area contributed by atoms with Crippen LogP contribution in [-0.4, -0.2) is 36.0 Å². The third kappa shape index (κ3) is 4.16. The minimum Gasteiger partial charge on any atom is -0.497 e. The van der Waals surface area contributed by atoms with E-state index in [-0.39, 0.29) is 11.1 Å². The molecule has 0 bridgehead atoms. The molecule has 0 radical (unpaired) electrons. The van der Waals surface area contributed by atoms with Gasteiger partial charge in [-0.3, -0.25) is 4.98 Å². The van der Waals surface area contributed by atoms with Gasteiger partial charge in [-0.1, -0.05) is 31.2 Å². The third-order valence-corrected chi connectivity index (χ3v) is 5.79. The largest absolute Gasteiger partial charge is 0.497 e. The molecule has 1 unspecified atom stereocenters. The minimum absolute atomic E-state index is 0.00201. The second-order valence-corrected chi connectivity index (χ2v) is 8.02. The van der Waals surface area contributed by atoms with Gasteiger partial charge in [0.25, 0.3) is 0 Å². The fraction of sp³-hybridized carbons (Fsp3) is 0.348. The van der Waals surface area contributed by atoms with Crippen molar-refractivity contribution in [1.29, 1.82) is 0 Å². The summed E-state index contributed by atoms with van der Waals surface area (Å²) in [6, 6.07) is 11.3. The number of hydrogen-bond donors (Lipinski definition) is 0. The number of ether oxygens (including phenoxy) is 1. The predicted molar refractivity (Wildman–Crippen MR) is 107 cm³/mol. The molecule has 0 aliphatic rings. The molecule has 0 aliphatic heterocycles. The molecule has 34 heavy (non-hydrogen) atoms. The third-order valence-electron chi connectivity index (χ3n) is 5.79. The van der Waals surface area contributed by atoms with Crippen molar-refractivity contribution < 1.29 is 44.3 Å². The lowest BCUT2D eigenvalue weighted by atomic mass is 9.71. The Labute approximate surface area is 188 Å². The maximum atomic E-state index is 14.7. The Bertz CT molecular complexity index is 1160. The monoisotopic (exact) mass is 495 g/mol. The van der Waals surface area contributed by atoms with Gasteiger partial charge in [0.2, 0.25) is 0 Å². The van der Waals surface area contributed by atoms with Gasteiger partial charge in [-0.05, 0) is 46.2 Å². The molecule has 2 nitrogen and oxygen atoms in total. The van der Waals surface area contributed by atoms with Crippen molar-refractivity contribution in [3.05, 3.63) is 72.1 Å². The van der Waals surface area contributed by atoms with E-state index in [4.69, 9.17) is 4.74 Å². The summed E-state index contributed by atoms with van der Waals surface area (Å²) in [5, 5.41) is 1.08. The van der Waals surface area contributed by atoms with Crippen LogP contribution in [0.25, 0.3) is 10.8 Å². The number of fused-ring (bicyclic) bond motifs is 1. The predicted octanol–water partition coefficient (Wildman–Crippen LogP) is 7.41. The summed E-state index contributed by atoms with van der Waals surface area (Å²) in [5.41, 5.74) is -2.12. The highest BCUT2D eigenvalue weighted by atomic mass is 19.4. The maximum Gasteiger partial charge on any atom is 0.460 e. The number of halogens is 9. The van der Waals surface area contributed by atoms with Crippen LogP contribution in [0.2, 0.25) is 0 Å². The highest BCUT2D eigenvalue weighted by Gasteiger charge is 2.81. The molecule has 11 heteroatoms. The second kappa shape index (κ2) is 8.35. The number of alkyl halides is 9. The summed E-state index contributed by atoms with van der Waals surface area (Å²) < 4.78 is 128. The van der Waals surface area contributed by atoms with Gasteiger partial charge < -0.3 is 4.74 Å². The van der Waals surface area contributed by atoms with Gasteiger partial charge in [0.15, 0.2) is 0 Å². The molecule has 1 aromatic heterocycles. The first kappa shape index (κ1) is 25.6. The van der Waals surface area contributed by atoms with E-state index in [0.29, 0.717) is 16.5 Å². The Kier molecular flexibility index (Phi) is 6.30. The smallest absolute Gasteiger partial charge is 0.460 e. The first-order valence-corrected chi connectivity index (χ1v) is 9.76. The molecule has 2 aromatic carbocycles. The fourth-order valence-corrected chi connectivity index (χ4v) is 3.75. The van der Waals surface area contributed by atoms with E-state index in [2.05, 4.69) is 4.98 Å². The van der Waals surface area contributed by atoms with Gasteiger partial charge in [-0.2, -0.15) is 39.5 Å². The van der Waals surface area contributed by atoms with Crippen LogP contribution in [0.1, 0.15) is 24.5 Å². The molecule has 0 amide bonds. The van der Waals surface area contributed by atoms with E-state index in [1.807, 2.05) is 0 Å². The summed E-state index contributed by atoms with van der Waals surface area (Å²) >= 11 is 0. The minimum atomic E-state index is -6.96. The van der Waals surface area contributed by atoms with E-state index < -0.39 is 35.8 Å². The van der Waals surface area contributed by atoms with Crippen LogP contribution < -0.4 is 4.74 Å². The van der Waals surface area contributed by atoms with Gasteiger partial charge in [-0.15, -0.1) is 0 Å². The van der Waals surface area contributed by atoms with Crippen LogP contribution in [0.3, 0.4) is 0 Å². The van der Waals surface area contributed by atoms with Crippen molar-refractivity contribution in [2.24, 2.45) is 0 Å². The number of methoxy groups -OCH3 is 1. The van der Waals surface area contributed by atoms with E-state index >= 15 is 0 Å². The average molecular weight is 495 g/mol. The van der Waals surface area contributed by atoms with Crippen LogP contribution in [0.15, 0.2) is 60.9 Å². The molecule has 3 rings (SSSR count). The van der Waals surface area contributed by atoms with Gasteiger partial charge in [0.1, 0.15) is 5.75 Å². The number of rotatable bonds is 7. The summed E-state index contributed by atoms with van der Waals surface area (Å²) in [5.74, 6) is -18.9. The van der Waals surface area contributed by atoms with Crippen LogP contribution in [0.5, 0.6) is 5.75 Å². The molecule has 0 spiro atoms. The molecule has 3 aromatic rings. The molecule has 1 atom stereocenters. The van der Waals surface area contributed by atoms with Gasteiger partial charge in [-0.25, -0.2) is 0 Å². The number of pyridine rings is 1. The van der Waals surface area contributed by atoms with E-state index in [0.717, 1.165) is 6.92 Å². The highest BCUT2D eigenvalue weighted by Crippen LogP contribution is 2.56. The number of aromatic nitrogens is 1. The molecule has 184 valence electrons. The first-order valence-electron chi connectivity index (χ1n) is 9.76. The molecule has 0 aliphatic carbocycles. The Morgan fingerprint density at radius 2 is 1.26 bits per heavy atom. The topological polar surface area (TPSA) is 22.1 Å². The van der Waals surface area contributed by atoms with Crippen molar-refractivity contribution in [3.8, 4) is 5.75 Å². The van der Waals surface area contributed by atoms with E-state index in [1.165, 1.54) is 49.8 Å². The van der Waals surface area contributed by atoms with Crippen molar-refractivity contribution in [2.75, 3.05) is 7.11 Å². The lowest BCUT2D eigenvalue weighted by Crippen LogP contribution is -2.62. The summed E-state index contributed by atoms with van der Waals surface area (Å²) in [6.07, 6.45) is -6.58. The summed E-state index contributed by atoms with van der Waals surface area (Å²) in [7, 11) is 1.43. The van der Waals surface area contributed by atoms with Crippen molar-refractivity contribution >= 4 is 10.8 Å².